The van der Waals surface area contributed by atoms with Crippen LogP contribution in [0.3, 0.4) is 0 Å². The molecule has 2 atom stereocenters. The second-order valence-corrected chi connectivity index (χ2v) is 7.33. The van der Waals surface area contributed by atoms with Crippen LogP contribution in [0.2, 0.25) is 0 Å². The Labute approximate surface area is 125 Å². The fourth-order valence-electron chi connectivity index (χ4n) is 3.28. The molecule has 0 bridgehead atoms. The SMILES string of the molecule is CCNC(c1cccc2ccncc12)C1(C)CCCS1. The van der Waals surface area contributed by atoms with Gasteiger partial charge < -0.3 is 5.32 Å². The van der Waals surface area contributed by atoms with E-state index in [1.54, 1.807) is 0 Å². The van der Waals surface area contributed by atoms with Gasteiger partial charge in [-0.15, -0.1) is 0 Å². The molecule has 0 amide bonds. The minimum atomic E-state index is 0.292. The molecular formula is C17H22N2S. The lowest BCUT2D eigenvalue weighted by atomic mass is 9.88. The van der Waals surface area contributed by atoms with E-state index in [0.717, 1.165) is 6.54 Å². The van der Waals surface area contributed by atoms with Crippen LogP contribution in [0.1, 0.15) is 38.3 Å². The van der Waals surface area contributed by atoms with Crippen LogP contribution in [0, 0.1) is 0 Å². The average Bonchev–Trinajstić information content (AvgIpc) is 2.92. The average molecular weight is 286 g/mol. The van der Waals surface area contributed by atoms with Crippen molar-refractivity contribution in [2.24, 2.45) is 0 Å². The summed E-state index contributed by atoms with van der Waals surface area (Å²) in [5, 5.41) is 6.30. The second kappa shape index (κ2) is 5.74. The van der Waals surface area contributed by atoms with Crippen molar-refractivity contribution >= 4 is 22.5 Å². The summed E-state index contributed by atoms with van der Waals surface area (Å²) in [5.74, 6) is 1.28. The Balaban J connectivity index is 2.09. The summed E-state index contributed by atoms with van der Waals surface area (Å²) in [6.07, 6.45) is 6.50. The molecule has 20 heavy (non-hydrogen) atoms. The van der Waals surface area contributed by atoms with Crippen molar-refractivity contribution in [1.82, 2.24) is 10.3 Å². The van der Waals surface area contributed by atoms with Crippen LogP contribution in [-0.4, -0.2) is 22.0 Å². The van der Waals surface area contributed by atoms with E-state index in [4.69, 9.17) is 0 Å². The molecule has 0 radical (unpaired) electrons. The molecule has 1 N–H and O–H groups in total. The zero-order chi connectivity index (χ0) is 14.0. The quantitative estimate of drug-likeness (QED) is 0.913. The Morgan fingerprint density at radius 1 is 1.40 bits per heavy atom. The summed E-state index contributed by atoms with van der Waals surface area (Å²) < 4.78 is 0.292. The van der Waals surface area contributed by atoms with Crippen molar-refractivity contribution in [3.05, 3.63) is 42.2 Å². The first-order chi connectivity index (χ1) is 9.74. The summed E-state index contributed by atoms with van der Waals surface area (Å²) in [6, 6.07) is 9.11. The highest BCUT2D eigenvalue weighted by molar-refractivity contribution is 8.00. The molecule has 1 saturated heterocycles. The first-order valence-corrected chi connectivity index (χ1v) is 8.43. The normalized spacial score (nSPS) is 24.1. The third kappa shape index (κ3) is 2.45. The lowest BCUT2D eigenvalue weighted by molar-refractivity contribution is 0.423. The zero-order valence-electron chi connectivity index (χ0n) is 12.2. The highest BCUT2D eigenvalue weighted by atomic mass is 32.2. The fraction of sp³-hybridized carbons (Fsp3) is 0.471. The number of benzene rings is 1. The molecule has 1 aliphatic heterocycles. The fourth-order valence-corrected chi connectivity index (χ4v) is 4.70. The predicted octanol–water partition coefficient (Wildman–Crippen LogP) is 4.17. The number of hydrogen-bond acceptors (Lipinski definition) is 3. The summed E-state index contributed by atoms with van der Waals surface area (Å²) in [6.45, 7) is 5.60. The summed E-state index contributed by atoms with van der Waals surface area (Å²) >= 11 is 2.11. The highest BCUT2D eigenvalue weighted by Crippen LogP contribution is 2.47. The molecule has 3 rings (SSSR count). The van der Waals surface area contributed by atoms with Gasteiger partial charge in [-0.1, -0.05) is 25.1 Å². The number of rotatable bonds is 4. The minimum absolute atomic E-state index is 0.292. The van der Waals surface area contributed by atoms with Crippen LogP contribution in [0.5, 0.6) is 0 Å². The maximum Gasteiger partial charge on any atom is 0.0473 e. The van der Waals surface area contributed by atoms with Crippen molar-refractivity contribution in [2.75, 3.05) is 12.3 Å². The van der Waals surface area contributed by atoms with Crippen molar-refractivity contribution in [1.29, 1.82) is 0 Å². The van der Waals surface area contributed by atoms with E-state index in [-0.39, 0.29) is 0 Å². The lowest BCUT2D eigenvalue weighted by Crippen LogP contribution is -2.37. The van der Waals surface area contributed by atoms with Crippen LogP contribution < -0.4 is 5.32 Å². The van der Waals surface area contributed by atoms with E-state index in [2.05, 4.69) is 60.2 Å². The first kappa shape index (κ1) is 13.9. The van der Waals surface area contributed by atoms with Gasteiger partial charge in [-0.25, -0.2) is 0 Å². The highest BCUT2D eigenvalue weighted by Gasteiger charge is 2.38. The number of hydrogen-bond donors (Lipinski definition) is 1. The minimum Gasteiger partial charge on any atom is -0.309 e. The number of pyridine rings is 1. The van der Waals surface area contributed by atoms with Crippen molar-refractivity contribution in [3.8, 4) is 0 Å². The molecule has 2 heterocycles. The van der Waals surface area contributed by atoms with Gasteiger partial charge in [0.2, 0.25) is 0 Å². The van der Waals surface area contributed by atoms with E-state index in [9.17, 15) is 0 Å². The monoisotopic (exact) mass is 286 g/mol. The molecule has 106 valence electrons. The Bertz CT molecular complexity index is 585. The molecule has 0 spiro atoms. The van der Waals surface area contributed by atoms with Crippen LogP contribution in [0.4, 0.5) is 0 Å². The maximum absolute atomic E-state index is 4.33. The number of fused-ring (bicyclic) bond motifs is 1. The van der Waals surface area contributed by atoms with Crippen molar-refractivity contribution in [2.45, 2.75) is 37.5 Å². The number of thioether (sulfide) groups is 1. The number of aromatic nitrogens is 1. The van der Waals surface area contributed by atoms with E-state index in [1.165, 1.54) is 34.9 Å². The molecule has 2 aromatic rings. The number of nitrogens with one attached hydrogen (secondary N) is 1. The van der Waals surface area contributed by atoms with Crippen molar-refractivity contribution in [3.63, 3.8) is 0 Å². The summed E-state index contributed by atoms with van der Waals surface area (Å²) in [4.78, 5) is 4.33. The molecule has 2 nitrogen and oxygen atoms in total. The molecule has 0 aliphatic carbocycles. The van der Waals surface area contributed by atoms with Gasteiger partial charge in [0.1, 0.15) is 0 Å². The van der Waals surface area contributed by atoms with E-state index in [0.29, 0.717) is 10.8 Å². The molecule has 1 aromatic carbocycles. The number of nitrogens with zero attached hydrogens (tertiary/aromatic N) is 1. The maximum atomic E-state index is 4.33. The molecule has 1 fully saturated rings. The van der Waals surface area contributed by atoms with Gasteiger partial charge in [0, 0.05) is 28.6 Å². The van der Waals surface area contributed by atoms with E-state index in [1.807, 2.05) is 12.4 Å². The van der Waals surface area contributed by atoms with Gasteiger partial charge in [0.15, 0.2) is 0 Å². The smallest absolute Gasteiger partial charge is 0.0473 e. The molecule has 1 aromatic heterocycles. The lowest BCUT2D eigenvalue weighted by Gasteiger charge is -2.35. The van der Waals surface area contributed by atoms with Gasteiger partial charge in [-0.05, 0) is 49.1 Å². The van der Waals surface area contributed by atoms with Crippen LogP contribution >= 0.6 is 11.8 Å². The van der Waals surface area contributed by atoms with Crippen LogP contribution in [-0.2, 0) is 0 Å². The Kier molecular flexibility index (Phi) is 3.99. The summed E-state index contributed by atoms with van der Waals surface area (Å²) in [5.41, 5.74) is 1.40. The molecule has 1 aliphatic rings. The molecular weight excluding hydrogens is 264 g/mol. The van der Waals surface area contributed by atoms with E-state index < -0.39 is 0 Å². The van der Waals surface area contributed by atoms with Gasteiger partial charge >= 0.3 is 0 Å². The second-order valence-electron chi connectivity index (χ2n) is 5.70. The molecule has 3 heteroatoms. The third-order valence-corrected chi connectivity index (χ3v) is 5.89. The van der Waals surface area contributed by atoms with Crippen molar-refractivity contribution < 1.29 is 0 Å². The molecule has 2 unspecified atom stereocenters. The zero-order valence-corrected chi connectivity index (χ0v) is 13.0. The van der Waals surface area contributed by atoms with Gasteiger partial charge in [0.05, 0.1) is 0 Å². The topological polar surface area (TPSA) is 24.9 Å². The first-order valence-electron chi connectivity index (χ1n) is 7.44. The Hall–Kier alpha value is -1.06. The standard InChI is InChI=1S/C17H22N2S/c1-3-19-16(17(2)9-5-11-20-17)14-7-4-6-13-8-10-18-12-15(13)14/h4,6-8,10,12,16,19H,3,5,9,11H2,1-2H3. The summed E-state index contributed by atoms with van der Waals surface area (Å²) in [7, 11) is 0. The predicted molar refractivity (Wildman–Crippen MR) is 88.3 cm³/mol. The third-order valence-electron chi connectivity index (χ3n) is 4.30. The van der Waals surface area contributed by atoms with Crippen LogP contribution in [0.25, 0.3) is 10.8 Å². The molecule has 0 saturated carbocycles. The van der Waals surface area contributed by atoms with E-state index >= 15 is 0 Å². The Morgan fingerprint density at radius 2 is 2.30 bits per heavy atom. The van der Waals surface area contributed by atoms with Crippen LogP contribution in [0.15, 0.2) is 36.7 Å². The van der Waals surface area contributed by atoms with Gasteiger partial charge in [-0.2, -0.15) is 11.8 Å². The Morgan fingerprint density at radius 3 is 3.05 bits per heavy atom. The van der Waals surface area contributed by atoms with Gasteiger partial charge in [0.25, 0.3) is 0 Å². The largest absolute Gasteiger partial charge is 0.309 e. The van der Waals surface area contributed by atoms with Gasteiger partial charge in [-0.3, -0.25) is 4.98 Å².